The van der Waals surface area contributed by atoms with Gasteiger partial charge in [-0.05, 0) is 43.2 Å². The molecule has 0 amide bonds. The lowest BCUT2D eigenvalue weighted by Gasteiger charge is -2.13. The number of aliphatic carboxylic acids is 1. The molecule has 0 fully saturated rings. The van der Waals surface area contributed by atoms with Crippen molar-refractivity contribution in [1.82, 2.24) is 15.0 Å². The summed E-state index contributed by atoms with van der Waals surface area (Å²) < 4.78 is 0. The van der Waals surface area contributed by atoms with Crippen LogP contribution in [0.3, 0.4) is 0 Å². The summed E-state index contributed by atoms with van der Waals surface area (Å²) in [6, 6.07) is 13.3. The average Bonchev–Trinajstić information content (AvgIpc) is 2.64. The number of benzene rings is 1. The summed E-state index contributed by atoms with van der Waals surface area (Å²) >= 11 is 0. The second-order valence-electron chi connectivity index (χ2n) is 5.80. The number of hydrogen-bond acceptors (Lipinski definition) is 6. The van der Waals surface area contributed by atoms with E-state index in [2.05, 4.69) is 25.6 Å². The van der Waals surface area contributed by atoms with Crippen molar-refractivity contribution in [2.45, 2.75) is 13.8 Å². The molecule has 0 aliphatic rings. The van der Waals surface area contributed by atoms with Crippen molar-refractivity contribution in [3.05, 3.63) is 59.8 Å². The highest BCUT2D eigenvalue weighted by atomic mass is 16.4. The maximum Gasteiger partial charge on any atom is 0.322 e. The van der Waals surface area contributed by atoms with E-state index in [1.165, 1.54) is 5.56 Å². The molecule has 0 aliphatic carbocycles. The fourth-order valence-electron chi connectivity index (χ4n) is 2.41. The molecule has 0 saturated carbocycles. The molecule has 1 aromatic carbocycles. The summed E-state index contributed by atoms with van der Waals surface area (Å²) in [5.41, 5.74) is 4.49. The molecule has 2 heterocycles. The lowest BCUT2D eigenvalue weighted by Crippen LogP contribution is -2.15. The van der Waals surface area contributed by atoms with Gasteiger partial charge in [0.25, 0.3) is 0 Å². The van der Waals surface area contributed by atoms with Crippen LogP contribution in [0.2, 0.25) is 0 Å². The molecule has 0 radical (unpaired) electrons. The van der Waals surface area contributed by atoms with Crippen LogP contribution >= 0.6 is 0 Å². The molecule has 0 unspecified atom stereocenters. The van der Waals surface area contributed by atoms with Crippen LogP contribution in [-0.2, 0) is 4.79 Å². The summed E-state index contributed by atoms with van der Waals surface area (Å²) in [5, 5.41) is 14.9. The van der Waals surface area contributed by atoms with E-state index in [1.54, 1.807) is 12.3 Å². The van der Waals surface area contributed by atoms with Gasteiger partial charge in [0.05, 0.1) is 11.4 Å². The van der Waals surface area contributed by atoms with E-state index in [4.69, 9.17) is 5.11 Å². The number of hydrogen-bond donors (Lipinski definition) is 3. The Morgan fingerprint density at radius 3 is 2.65 bits per heavy atom. The summed E-state index contributed by atoms with van der Waals surface area (Å²) in [6.07, 6.45) is 1.68. The molecule has 7 heteroatoms. The highest BCUT2D eigenvalue weighted by molar-refractivity contribution is 5.73. The number of nitrogens with zero attached hydrogens (tertiary/aromatic N) is 3. The molecule has 0 saturated heterocycles. The van der Waals surface area contributed by atoms with Crippen LogP contribution < -0.4 is 10.6 Å². The lowest BCUT2D eigenvalue weighted by molar-refractivity contribution is -0.134. The van der Waals surface area contributed by atoms with Crippen LogP contribution in [0.1, 0.15) is 11.1 Å². The van der Waals surface area contributed by atoms with E-state index in [0.29, 0.717) is 17.2 Å². The Hall–Kier alpha value is -3.48. The maximum absolute atomic E-state index is 10.8. The first-order valence-electron chi connectivity index (χ1n) is 8.12. The van der Waals surface area contributed by atoms with Crippen molar-refractivity contribution in [2.75, 3.05) is 17.2 Å². The molecular weight excluding hydrogens is 330 g/mol. The third-order valence-corrected chi connectivity index (χ3v) is 3.92. The minimum atomic E-state index is -0.985. The normalized spacial score (nSPS) is 10.4. The number of aryl methyl sites for hydroxylation is 1. The summed E-state index contributed by atoms with van der Waals surface area (Å²) in [7, 11) is 0. The first-order valence-corrected chi connectivity index (χ1v) is 8.12. The largest absolute Gasteiger partial charge is 0.480 e. The zero-order valence-electron chi connectivity index (χ0n) is 14.5. The number of rotatable bonds is 6. The Morgan fingerprint density at radius 2 is 1.92 bits per heavy atom. The maximum atomic E-state index is 10.8. The third-order valence-electron chi connectivity index (χ3n) is 3.92. The highest BCUT2D eigenvalue weighted by Crippen LogP contribution is 2.25. The first-order chi connectivity index (χ1) is 12.5. The molecule has 3 rings (SSSR count). The quantitative estimate of drug-likeness (QED) is 0.627. The van der Waals surface area contributed by atoms with Gasteiger partial charge in [-0.25, -0.2) is 4.98 Å². The minimum Gasteiger partial charge on any atom is -0.480 e. The molecule has 0 bridgehead atoms. The van der Waals surface area contributed by atoms with Gasteiger partial charge in [-0.15, -0.1) is 0 Å². The fraction of sp³-hybridized carbons (Fsp3) is 0.158. The molecule has 7 nitrogen and oxygen atoms in total. The molecular formula is C19H19N5O2. The standard InChI is InChI=1S/C19H19N5O2/c1-12-6-5-8-14(13(12)2)22-17-10-16(15-7-3-4-9-20-15)23-19(24-17)21-11-18(25)26/h3-10H,11H2,1-2H3,(H,25,26)(H2,21,22,23,24). The second-order valence-corrected chi connectivity index (χ2v) is 5.80. The third kappa shape index (κ3) is 4.13. The number of pyridine rings is 1. The Bertz CT molecular complexity index is 928. The van der Waals surface area contributed by atoms with Gasteiger partial charge >= 0.3 is 5.97 Å². The van der Waals surface area contributed by atoms with E-state index in [0.717, 1.165) is 11.3 Å². The van der Waals surface area contributed by atoms with E-state index in [9.17, 15) is 4.79 Å². The van der Waals surface area contributed by atoms with E-state index < -0.39 is 5.97 Å². The predicted octanol–water partition coefficient (Wildman–Crippen LogP) is 3.40. The van der Waals surface area contributed by atoms with Crippen LogP contribution in [0, 0.1) is 13.8 Å². The Morgan fingerprint density at radius 1 is 1.08 bits per heavy atom. The van der Waals surface area contributed by atoms with Crippen LogP contribution in [0.15, 0.2) is 48.7 Å². The number of anilines is 3. The molecule has 2 aromatic heterocycles. The number of carboxylic acids is 1. The summed E-state index contributed by atoms with van der Waals surface area (Å²) in [5.74, 6) is -0.202. The molecule has 3 N–H and O–H groups in total. The van der Waals surface area contributed by atoms with Gasteiger partial charge < -0.3 is 15.7 Å². The van der Waals surface area contributed by atoms with Gasteiger partial charge in [0, 0.05) is 18.0 Å². The highest BCUT2D eigenvalue weighted by Gasteiger charge is 2.10. The molecule has 26 heavy (non-hydrogen) atoms. The van der Waals surface area contributed by atoms with Crippen molar-refractivity contribution in [3.63, 3.8) is 0 Å². The van der Waals surface area contributed by atoms with Gasteiger partial charge in [-0.1, -0.05) is 18.2 Å². The first kappa shape index (κ1) is 17.3. The predicted molar refractivity (Wildman–Crippen MR) is 101 cm³/mol. The number of nitrogens with one attached hydrogen (secondary N) is 2. The lowest BCUT2D eigenvalue weighted by atomic mass is 10.1. The number of carboxylic acid groups (broad SMARTS) is 1. The smallest absolute Gasteiger partial charge is 0.322 e. The fourth-order valence-corrected chi connectivity index (χ4v) is 2.41. The van der Waals surface area contributed by atoms with Crippen LogP contribution in [0.5, 0.6) is 0 Å². The van der Waals surface area contributed by atoms with Gasteiger partial charge in [0.15, 0.2) is 0 Å². The summed E-state index contributed by atoms with van der Waals surface area (Å²) in [4.78, 5) is 23.9. The topological polar surface area (TPSA) is 100 Å². The molecule has 0 atom stereocenters. The molecule has 0 spiro atoms. The SMILES string of the molecule is Cc1cccc(Nc2cc(-c3ccccn3)nc(NCC(=O)O)n2)c1C. The summed E-state index contributed by atoms with van der Waals surface area (Å²) in [6.45, 7) is 3.80. The second kappa shape index (κ2) is 7.60. The van der Waals surface area contributed by atoms with Crippen molar-refractivity contribution < 1.29 is 9.90 Å². The van der Waals surface area contributed by atoms with Crippen molar-refractivity contribution in [3.8, 4) is 11.4 Å². The van der Waals surface area contributed by atoms with Crippen molar-refractivity contribution in [2.24, 2.45) is 0 Å². The van der Waals surface area contributed by atoms with Gasteiger partial charge in [-0.3, -0.25) is 9.78 Å². The van der Waals surface area contributed by atoms with E-state index >= 15 is 0 Å². The zero-order chi connectivity index (χ0) is 18.5. The van der Waals surface area contributed by atoms with Gasteiger partial charge in [0.1, 0.15) is 12.4 Å². The van der Waals surface area contributed by atoms with Gasteiger partial charge in [-0.2, -0.15) is 4.98 Å². The zero-order valence-corrected chi connectivity index (χ0v) is 14.5. The molecule has 3 aromatic rings. The molecule has 0 aliphatic heterocycles. The van der Waals surface area contributed by atoms with Gasteiger partial charge in [0.2, 0.25) is 5.95 Å². The van der Waals surface area contributed by atoms with Crippen LogP contribution in [-0.4, -0.2) is 32.6 Å². The van der Waals surface area contributed by atoms with Crippen LogP contribution in [0.4, 0.5) is 17.5 Å². The number of aromatic nitrogens is 3. The van der Waals surface area contributed by atoms with Crippen molar-refractivity contribution in [1.29, 1.82) is 0 Å². The Balaban J connectivity index is 1.99. The average molecular weight is 349 g/mol. The number of carbonyl (C=O) groups is 1. The molecule has 132 valence electrons. The monoisotopic (exact) mass is 349 g/mol. The van der Waals surface area contributed by atoms with E-state index in [-0.39, 0.29) is 12.5 Å². The van der Waals surface area contributed by atoms with Crippen molar-refractivity contribution >= 4 is 23.4 Å². The minimum absolute atomic E-state index is 0.225. The van der Waals surface area contributed by atoms with E-state index in [1.807, 2.05) is 50.2 Å². The Labute approximate surface area is 151 Å². The van der Waals surface area contributed by atoms with Crippen LogP contribution in [0.25, 0.3) is 11.4 Å². The Kier molecular flexibility index (Phi) is 5.07.